The van der Waals surface area contributed by atoms with Crippen LogP contribution < -0.4 is 14.8 Å². The number of hydrogen-bond donors (Lipinski definition) is 1. The van der Waals surface area contributed by atoms with E-state index in [9.17, 15) is 0 Å². The molecule has 0 aliphatic heterocycles. The van der Waals surface area contributed by atoms with Gasteiger partial charge in [-0.25, -0.2) is 9.97 Å². The molecule has 5 nitrogen and oxygen atoms in total. The maximum absolute atomic E-state index is 5.47. The van der Waals surface area contributed by atoms with Crippen molar-refractivity contribution in [2.24, 2.45) is 0 Å². The quantitative estimate of drug-likeness (QED) is 0.871. The Balaban J connectivity index is 1.96. The highest BCUT2D eigenvalue weighted by Gasteiger charge is 2.17. The van der Waals surface area contributed by atoms with Gasteiger partial charge >= 0.3 is 0 Å². The summed E-state index contributed by atoms with van der Waals surface area (Å²) in [6.07, 6.45) is 9.26. The third-order valence-corrected chi connectivity index (χ3v) is 4.34. The maximum atomic E-state index is 5.47. The first-order valence-electron chi connectivity index (χ1n) is 7.95. The van der Waals surface area contributed by atoms with Crippen molar-refractivity contribution in [1.82, 2.24) is 9.97 Å². The number of hydrogen-bond acceptors (Lipinski definition) is 5. The second-order valence-corrected chi connectivity index (χ2v) is 5.75. The molecule has 0 bridgehead atoms. The third-order valence-electron chi connectivity index (χ3n) is 4.34. The molecular formula is C17H23N3O2. The van der Waals surface area contributed by atoms with Crippen LogP contribution in [0.15, 0.2) is 18.5 Å². The Morgan fingerprint density at radius 1 is 1.00 bits per heavy atom. The Bertz CT molecular complexity index is 637. The molecule has 5 heteroatoms. The molecule has 1 aliphatic carbocycles. The molecule has 0 amide bonds. The average molecular weight is 301 g/mol. The lowest BCUT2D eigenvalue weighted by molar-refractivity contribution is 0.358. The van der Waals surface area contributed by atoms with E-state index in [1.165, 1.54) is 38.5 Å². The molecule has 0 atom stereocenters. The van der Waals surface area contributed by atoms with Gasteiger partial charge in [0.2, 0.25) is 0 Å². The summed E-state index contributed by atoms with van der Waals surface area (Å²) >= 11 is 0. The van der Waals surface area contributed by atoms with Crippen molar-refractivity contribution < 1.29 is 9.47 Å². The summed E-state index contributed by atoms with van der Waals surface area (Å²) < 4.78 is 10.8. The molecule has 0 unspecified atom stereocenters. The van der Waals surface area contributed by atoms with Crippen LogP contribution in [0.25, 0.3) is 10.9 Å². The Hall–Kier alpha value is -2.04. The van der Waals surface area contributed by atoms with Crippen LogP contribution >= 0.6 is 0 Å². The first-order valence-corrected chi connectivity index (χ1v) is 7.95. The molecule has 1 aromatic carbocycles. The van der Waals surface area contributed by atoms with Gasteiger partial charge in [-0.2, -0.15) is 0 Å². The second-order valence-electron chi connectivity index (χ2n) is 5.75. The molecule has 2 aromatic rings. The normalized spacial score (nSPS) is 16.3. The largest absolute Gasteiger partial charge is 0.493 e. The van der Waals surface area contributed by atoms with Gasteiger partial charge in [0, 0.05) is 11.4 Å². The fourth-order valence-electron chi connectivity index (χ4n) is 3.18. The van der Waals surface area contributed by atoms with Gasteiger partial charge in [-0.3, -0.25) is 0 Å². The summed E-state index contributed by atoms with van der Waals surface area (Å²) in [5.74, 6) is 2.23. The van der Waals surface area contributed by atoms with Crippen molar-refractivity contribution >= 4 is 16.7 Å². The minimum Gasteiger partial charge on any atom is -0.493 e. The van der Waals surface area contributed by atoms with Gasteiger partial charge in [-0.15, -0.1) is 0 Å². The summed E-state index contributed by atoms with van der Waals surface area (Å²) in [5, 5.41) is 4.58. The molecule has 1 heterocycles. The predicted octanol–water partition coefficient (Wildman–Crippen LogP) is 3.78. The zero-order chi connectivity index (χ0) is 15.4. The molecule has 0 spiro atoms. The lowest BCUT2D eigenvalue weighted by Gasteiger charge is -2.18. The molecule has 118 valence electrons. The predicted molar refractivity (Wildman–Crippen MR) is 87.8 cm³/mol. The van der Waals surface area contributed by atoms with E-state index in [0.29, 0.717) is 17.5 Å². The van der Waals surface area contributed by atoms with Gasteiger partial charge in [0.15, 0.2) is 11.5 Å². The zero-order valence-electron chi connectivity index (χ0n) is 13.3. The molecule has 0 radical (unpaired) electrons. The Kier molecular flexibility index (Phi) is 4.61. The minimum atomic E-state index is 0.494. The highest BCUT2D eigenvalue weighted by molar-refractivity contribution is 5.94. The smallest absolute Gasteiger partial charge is 0.187 e. The van der Waals surface area contributed by atoms with E-state index < -0.39 is 0 Å². The minimum absolute atomic E-state index is 0.494. The first kappa shape index (κ1) is 14.9. The number of nitrogens with one attached hydrogen (secondary N) is 1. The summed E-state index contributed by atoms with van der Waals surface area (Å²) in [6, 6.07) is 4.40. The lowest BCUT2D eigenvalue weighted by Crippen LogP contribution is -2.19. The zero-order valence-corrected chi connectivity index (χ0v) is 13.3. The van der Waals surface area contributed by atoms with Crippen LogP contribution in [-0.4, -0.2) is 30.2 Å². The highest BCUT2D eigenvalue weighted by atomic mass is 16.5. The van der Waals surface area contributed by atoms with Gasteiger partial charge in [0.1, 0.15) is 17.7 Å². The van der Waals surface area contributed by atoms with Crippen molar-refractivity contribution in [2.75, 3.05) is 19.5 Å². The average Bonchev–Trinajstić information content (AvgIpc) is 2.82. The second kappa shape index (κ2) is 6.81. The van der Waals surface area contributed by atoms with Crippen LogP contribution in [0.5, 0.6) is 11.5 Å². The lowest BCUT2D eigenvalue weighted by atomic mass is 10.1. The van der Waals surface area contributed by atoms with E-state index in [4.69, 9.17) is 9.47 Å². The number of rotatable bonds is 4. The van der Waals surface area contributed by atoms with Gasteiger partial charge in [-0.05, 0) is 25.0 Å². The third kappa shape index (κ3) is 2.93. The van der Waals surface area contributed by atoms with Crippen molar-refractivity contribution in [3.05, 3.63) is 18.5 Å². The van der Waals surface area contributed by atoms with Crippen LogP contribution in [-0.2, 0) is 0 Å². The van der Waals surface area contributed by atoms with E-state index in [1.54, 1.807) is 20.5 Å². The molecule has 1 saturated carbocycles. The van der Waals surface area contributed by atoms with Crippen molar-refractivity contribution in [1.29, 1.82) is 0 Å². The van der Waals surface area contributed by atoms with Crippen molar-refractivity contribution in [3.63, 3.8) is 0 Å². The number of nitrogens with zero attached hydrogens (tertiary/aromatic N) is 2. The molecule has 1 aromatic heterocycles. The Morgan fingerprint density at radius 3 is 2.45 bits per heavy atom. The fourth-order valence-corrected chi connectivity index (χ4v) is 3.18. The van der Waals surface area contributed by atoms with Gasteiger partial charge < -0.3 is 14.8 Å². The van der Waals surface area contributed by atoms with Crippen LogP contribution in [0.4, 0.5) is 5.82 Å². The summed E-state index contributed by atoms with van der Waals surface area (Å²) in [5.41, 5.74) is 0.785. The van der Waals surface area contributed by atoms with Crippen molar-refractivity contribution in [3.8, 4) is 11.5 Å². The highest BCUT2D eigenvalue weighted by Crippen LogP contribution is 2.36. The van der Waals surface area contributed by atoms with E-state index >= 15 is 0 Å². The van der Waals surface area contributed by atoms with E-state index in [2.05, 4.69) is 15.3 Å². The summed E-state index contributed by atoms with van der Waals surface area (Å²) in [6.45, 7) is 0. The summed E-state index contributed by atoms with van der Waals surface area (Å²) in [4.78, 5) is 8.82. The van der Waals surface area contributed by atoms with Gasteiger partial charge in [0.05, 0.1) is 14.2 Å². The van der Waals surface area contributed by atoms with E-state index in [1.807, 2.05) is 12.1 Å². The van der Waals surface area contributed by atoms with Crippen LogP contribution in [0.1, 0.15) is 38.5 Å². The summed E-state index contributed by atoms with van der Waals surface area (Å²) in [7, 11) is 3.27. The molecule has 0 saturated heterocycles. The van der Waals surface area contributed by atoms with E-state index in [0.717, 1.165) is 16.7 Å². The van der Waals surface area contributed by atoms with Crippen LogP contribution in [0.2, 0.25) is 0 Å². The standard InChI is InChI=1S/C17H23N3O2/c1-21-14-10-9-13-15(16(14)22-2)18-11-19-17(13)20-12-7-5-3-4-6-8-12/h9-12H,3-8H2,1-2H3,(H,18,19,20). The van der Waals surface area contributed by atoms with Crippen LogP contribution in [0, 0.1) is 0 Å². The molecule has 3 rings (SSSR count). The Labute approximate surface area is 131 Å². The number of anilines is 1. The molecule has 1 N–H and O–H groups in total. The number of aromatic nitrogens is 2. The number of methoxy groups -OCH3 is 2. The molecular weight excluding hydrogens is 278 g/mol. The molecule has 1 fully saturated rings. The first-order chi connectivity index (χ1) is 10.8. The maximum Gasteiger partial charge on any atom is 0.187 e. The molecule has 1 aliphatic rings. The Morgan fingerprint density at radius 2 is 1.77 bits per heavy atom. The van der Waals surface area contributed by atoms with Gasteiger partial charge in [0.25, 0.3) is 0 Å². The number of fused-ring (bicyclic) bond motifs is 1. The molecule has 22 heavy (non-hydrogen) atoms. The van der Waals surface area contributed by atoms with Crippen LogP contribution in [0.3, 0.4) is 0 Å². The monoisotopic (exact) mass is 301 g/mol. The van der Waals surface area contributed by atoms with Gasteiger partial charge in [-0.1, -0.05) is 25.7 Å². The SMILES string of the molecule is COc1ccc2c(NC3CCCCCC3)ncnc2c1OC. The number of benzene rings is 1. The number of ether oxygens (including phenoxy) is 2. The van der Waals surface area contributed by atoms with E-state index in [-0.39, 0.29) is 0 Å². The topological polar surface area (TPSA) is 56.3 Å². The fraction of sp³-hybridized carbons (Fsp3) is 0.529. The van der Waals surface area contributed by atoms with Crippen molar-refractivity contribution in [2.45, 2.75) is 44.6 Å².